The lowest BCUT2D eigenvalue weighted by atomic mass is 10.1. The van der Waals surface area contributed by atoms with E-state index in [2.05, 4.69) is 15.0 Å². The highest BCUT2D eigenvalue weighted by atomic mass is 19.1. The number of ether oxygens (including phenoxy) is 1. The quantitative estimate of drug-likeness (QED) is 0.884. The van der Waals surface area contributed by atoms with Crippen LogP contribution in [-0.2, 0) is 11.2 Å². The van der Waals surface area contributed by atoms with E-state index in [1.807, 2.05) is 6.07 Å². The molecule has 0 spiro atoms. The van der Waals surface area contributed by atoms with Crippen molar-refractivity contribution >= 4 is 11.9 Å². The Hall–Kier alpha value is -2.76. The van der Waals surface area contributed by atoms with E-state index in [0.29, 0.717) is 18.4 Å². The third kappa shape index (κ3) is 2.92. The van der Waals surface area contributed by atoms with Crippen LogP contribution in [-0.4, -0.2) is 24.0 Å². The Morgan fingerprint density at radius 1 is 1.30 bits per heavy atom. The zero-order valence-electron chi connectivity index (χ0n) is 12.5. The van der Waals surface area contributed by atoms with Gasteiger partial charge in [-0.2, -0.15) is 0 Å². The first-order valence-electron chi connectivity index (χ1n) is 7.21. The maximum atomic E-state index is 13.7. The van der Waals surface area contributed by atoms with E-state index in [4.69, 9.17) is 0 Å². The first-order chi connectivity index (χ1) is 11.1. The summed E-state index contributed by atoms with van der Waals surface area (Å²) in [5, 5.41) is 2.87. The Bertz CT molecular complexity index is 776. The second-order valence-corrected chi connectivity index (χ2v) is 5.33. The van der Waals surface area contributed by atoms with Gasteiger partial charge in [-0.15, -0.1) is 0 Å². The summed E-state index contributed by atoms with van der Waals surface area (Å²) in [6, 6.07) is 6.06. The Morgan fingerprint density at radius 2 is 2.09 bits per heavy atom. The molecule has 2 aromatic rings. The number of carbonyl (C=O) groups is 2. The predicted octanol–water partition coefficient (Wildman–Crippen LogP) is 2.42. The van der Waals surface area contributed by atoms with Crippen molar-refractivity contribution in [2.75, 3.05) is 7.11 Å². The molecule has 3 rings (SSSR count). The molecule has 6 heteroatoms. The van der Waals surface area contributed by atoms with Crippen molar-refractivity contribution in [3.8, 4) is 0 Å². The van der Waals surface area contributed by atoms with E-state index in [0.717, 1.165) is 5.56 Å². The number of hydrogen-bond donors (Lipinski definition) is 1. The number of halogens is 1. The van der Waals surface area contributed by atoms with Gasteiger partial charge in [-0.25, -0.2) is 9.18 Å². The monoisotopic (exact) mass is 314 g/mol. The Morgan fingerprint density at radius 3 is 2.87 bits per heavy atom. The summed E-state index contributed by atoms with van der Waals surface area (Å²) in [5.74, 6) is -1.15. The van der Waals surface area contributed by atoms with Gasteiger partial charge in [-0.1, -0.05) is 12.1 Å². The van der Waals surface area contributed by atoms with Crippen LogP contribution in [0, 0.1) is 5.82 Å². The van der Waals surface area contributed by atoms with Gasteiger partial charge in [0.1, 0.15) is 5.82 Å². The zero-order chi connectivity index (χ0) is 16.4. The number of aromatic nitrogens is 1. The number of hydrogen-bond acceptors (Lipinski definition) is 4. The smallest absolute Gasteiger partial charge is 0.339 e. The molecular weight excluding hydrogens is 299 g/mol. The molecule has 1 aliphatic carbocycles. The average Bonchev–Trinajstić information content (AvgIpc) is 2.98. The van der Waals surface area contributed by atoms with Crippen molar-refractivity contribution in [1.82, 2.24) is 10.3 Å². The molecule has 0 aliphatic heterocycles. The summed E-state index contributed by atoms with van der Waals surface area (Å²) in [7, 11) is 1.26. The van der Waals surface area contributed by atoms with Gasteiger partial charge in [0.15, 0.2) is 0 Å². The van der Waals surface area contributed by atoms with Gasteiger partial charge in [-0.3, -0.25) is 9.78 Å². The van der Waals surface area contributed by atoms with Crippen molar-refractivity contribution in [3.63, 3.8) is 0 Å². The molecule has 23 heavy (non-hydrogen) atoms. The summed E-state index contributed by atoms with van der Waals surface area (Å²) >= 11 is 0. The number of benzene rings is 1. The lowest BCUT2D eigenvalue weighted by molar-refractivity contribution is 0.0600. The molecule has 1 unspecified atom stereocenters. The number of pyridine rings is 1. The number of fused-ring (bicyclic) bond motifs is 1. The van der Waals surface area contributed by atoms with Crippen molar-refractivity contribution in [2.45, 2.75) is 18.9 Å². The minimum atomic E-state index is -0.555. The van der Waals surface area contributed by atoms with Crippen LogP contribution in [0.5, 0.6) is 0 Å². The summed E-state index contributed by atoms with van der Waals surface area (Å²) in [6.45, 7) is 0. The highest BCUT2D eigenvalue weighted by Crippen LogP contribution is 2.32. The minimum Gasteiger partial charge on any atom is -0.465 e. The predicted molar refractivity (Wildman–Crippen MR) is 80.5 cm³/mol. The molecule has 0 saturated carbocycles. The van der Waals surface area contributed by atoms with E-state index in [9.17, 15) is 14.0 Å². The molecule has 118 valence electrons. The molecule has 1 amide bonds. The number of carbonyl (C=O) groups excluding carboxylic acids is 2. The summed E-state index contributed by atoms with van der Waals surface area (Å²) in [4.78, 5) is 27.7. The molecule has 1 atom stereocenters. The summed E-state index contributed by atoms with van der Waals surface area (Å²) < 4.78 is 18.3. The van der Waals surface area contributed by atoms with Gasteiger partial charge < -0.3 is 10.1 Å². The highest BCUT2D eigenvalue weighted by Gasteiger charge is 2.26. The van der Waals surface area contributed by atoms with Crippen molar-refractivity contribution in [1.29, 1.82) is 0 Å². The van der Waals surface area contributed by atoms with Crippen LogP contribution in [0.1, 0.15) is 44.3 Å². The highest BCUT2D eigenvalue weighted by molar-refractivity contribution is 5.97. The number of rotatable bonds is 3. The number of amides is 1. The molecule has 0 saturated heterocycles. The number of methoxy groups -OCH3 is 1. The molecule has 0 radical (unpaired) electrons. The van der Waals surface area contributed by atoms with Crippen molar-refractivity contribution in [3.05, 3.63) is 64.7 Å². The van der Waals surface area contributed by atoms with Crippen LogP contribution in [0.4, 0.5) is 4.39 Å². The fourth-order valence-corrected chi connectivity index (χ4v) is 2.79. The third-order valence-corrected chi connectivity index (χ3v) is 3.94. The number of nitrogens with one attached hydrogen (secondary N) is 1. The van der Waals surface area contributed by atoms with Gasteiger partial charge in [0, 0.05) is 12.4 Å². The standard InChI is InChI=1S/C17H15FN2O3/c1-23-17(22)11-7-10(8-19-9-11)16(21)20-15-6-5-12-13(15)3-2-4-14(12)18/h2-4,7-9,15H,5-6H2,1H3,(H,20,21). The van der Waals surface area contributed by atoms with E-state index >= 15 is 0 Å². The van der Waals surface area contributed by atoms with Gasteiger partial charge in [0.25, 0.3) is 5.91 Å². The lowest BCUT2D eigenvalue weighted by Crippen LogP contribution is -2.27. The van der Waals surface area contributed by atoms with Gasteiger partial charge in [0.2, 0.25) is 0 Å². The van der Waals surface area contributed by atoms with Crippen LogP contribution in [0.2, 0.25) is 0 Å². The normalized spacial score (nSPS) is 15.8. The second-order valence-electron chi connectivity index (χ2n) is 5.33. The van der Waals surface area contributed by atoms with Crippen LogP contribution in [0.15, 0.2) is 36.7 Å². The SMILES string of the molecule is COC(=O)c1cncc(C(=O)NC2CCc3c(F)cccc32)c1. The van der Waals surface area contributed by atoms with Crippen LogP contribution in [0.3, 0.4) is 0 Å². The zero-order valence-corrected chi connectivity index (χ0v) is 12.5. The van der Waals surface area contributed by atoms with E-state index in [-0.39, 0.29) is 28.9 Å². The Labute approximate surface area is 132 Å². The molecule has 1 aliphatic rings. The molecular formula is C17H15FN2O3. The maximum Gasteiger partial charge on any atom is 0.339 e. The number of esters is 1. The Kier molecular flexibility index (Phi) is 4.06. The first kappa shape index (κ1) is 15.1. The van der Waals surface area contributed by atoms with Crippen LogP contribution < -0.4 is 5.32 Å². The van der Waals surface area contributed by atoms with E-state index in [1.54, 1.807) is 6.07 Å². The molecule has 0 bridgehead atoms. The second kappa shape index (κ2) is 6.16. The molecule has 1 N–H and O–H groups in total. The lowest BCUT2D eigenvalue weighted by Gasteiger charge is -2.14. The van der Waals surface area contributed by atoms with Crippen LogP contribution >= 0.6 is 0 Å². The number of nitrogens with zero attached hydrogens (tertiary/aromatic N) is 1. The van der Waals surface area contributed by atoms with Gasteiger partial charge in [0.05, 0.1) is 24.3 Å². The van der Waals surface area contributed by atoms with E-state index in [1.165, 1.54) is 31.6 Å². The minimum absolute atomic E-state index is 0.206. The molecule has 1 aromatic heterocycles. The molecule has 1 heterocycles. The largest absolute Gasteiger partial charge is 0.465 e. The van der Waals surface area contributed by atoms with Crippen molar-refractivity contribution in [2.24, 2.45) is 0 Å². The average molecular weight is 314 g/mol. The topological polar surface area (TPSA) is 68.3 Å². The first-order valence-corrected chi connectivity index (χ1v) is 7.21. The molecule has 1 aromatic carbocycles. The Balaban J connectivity index is 1.79. The van der Waals surface area contributed by atoms with Crippen molar-refractivity contribution < 1.29 is 18.7 Å². The fraction of sp³-hybridized carbons (Fsp3) is 0.235. The summed E-state index contributed by atoms with van der Waals surface area (Å²) in [5.41, 5.74) is 1.92. The summed E-state index contributed by atoms with van der Waals surface area (Å²) in [6.07, 6.45) is 3.95. The van der Waals surface area contributed by atoms with E-state index < -0.39 is 5.97 Å². The third-order valence-electron chi connectivity index (χ3n) is 3.94. The van der Waals surface area contributed by atoms with Gasteiger partial charge in [-0.05, 0) is 36.1 Å². The molecule has 0 fully saturated rings. The fourth-order valence-electron chi connectivity index (χ4n) is 2.79. The maximum absolute atomic E-state index is 13.7. The van der Waals surface area contributed by atoms with Crippen LogP contribution in [0.25, 0.3) is 0 Å². The van der Waals surface area contributed by atoms with Gasteiger partial charge >= 0.3 is 5.97 Å². The molecule has 5 nitrogen and oxygen atoms in total.